The molecule has 1 N–H and O–H groups in total. The summed E-state index contributed by atoms with van der Waals surface area (Å²) >= 11 is 0. The van der Waals surface area contributed by atoms with Crippen molar-refractivity contribution in [2.24, 2.45) is 0 Å². The summed E-state index contributed by atoms with van der Waals surface area (Å²) in [5, 5.41) is 5.71. The second-order valence-corrected chi connectivity index (χ2v) is 7.18. The standard InChI is InChI=1S/C14H17N3O4S/c18-13-15-16-14(17(13)9-12-7-4-8-21-12)22(19,20)10-11-5-2-1-3-6-11/h1-3,5-6,12H,4,7-10H2,(H,15,18). The number of ether oxygens (including phenoxy) is 1. The van der Waals surface area contributed by atoms with E-state index in [9.17, 15) is 13.2 Å². The zero-order valence-corrected chi connectivity index (χ0v) is 12.8. The van der Waals surface area contributed by atoms with Crippen molar-refractivity contribution in [2.45, 2.75) is 36.4 Å². The van der Waals surface area contributed by atoms with Crippen molar-refractivity contribution < 1.29 is 13.2 Å². The fraction of sp³-hybridized carbons (Fsp3) is 0.429. The predicted octanol–water partition coefficient (Wildman–Crippen LogP) is 0.724. The molecule has 22 heavy (non-hydrogen) atoms. The van der Waals surface area contributed by atoms with E-state index in [1.165, 1.54) is 0 Å². The Morgan fingerprint density at radius 1 is 1.32 bits per heavy atom. The SMILES string of the molecule is O=c1[nH]nc(S(=O)(=O)Cc2ccccc2)n1CC1CCCO1. The monoisotopic (exact) mass is 323 g/mol. The van der Waals surface area contributed by atoms with Crippen LogP contribution in [0, 0.1) is 0 Å². The number of aromatic amines is 1. The van der Waals surface area contributed by atoms with Gasteiger partial charge < -0.3 is 4.74 Å². The van der Waals surface area contributed by atoms with E-state index in [4.69, 9.17) is 4.74 Å². The number of hydrogen-bond acceptors (Lipinski definition) is 5. The van der Waals surface area contributed by atoms with Gasteiger partial charge in [-0.15, -0.1) is 5.10 Å². The number of nitrogens with zero attached hydrogens (tertiary/aromatic N) is 2. The topological polar surface area (TPSA) is 94.0 Å². The molecule has 1 unspecified atom stereocenters. The van der Waals surface area contributed by atoms with Crippen LogP contribution in [0.5, 0.6) is 0 Å². The quantitative estimate of drug-likeness (QED) is 0.875. The smallest absolute Gasteiger partial charge is 0.344 e. The molecule has 1 atom stereocenters. The van der Waals surface area contributed by atoms with Crippen LogP contribution in [0.2, 0.25) is 0 Å². The number of hydrogen-bond donors (Lipinski definition) is 1. The number of nitrogens with one attached hydrogen (secondary N) is 1. The van der Waals surface area contributed by atoms with Crippen molar-refractivity contribution in [3.63, 3.8) is 0 Å². The van der Waals surface area contributed by atoms with Crippen LogP contribution in [0.1, 0.15) is 18.4 Å². The lowest BCUT2D eigenvalue weighted by Crippen LogP contribution is -2.27. The largest absolute Gasteiger partial charge is 0.376 e. The van der Waals surface area contributed by atoms with Gasteiger partial charge in [0.25, 0.3) is 5.16 Å². The third kappa shape index (κ3) is 3.12. The molecule has 1 aliphatic rings. The summed E-state index contributed by atoms with van der Waals surface area (Å²) in [7, 11) is -3.70. The molecule has 118 valence electrons. The van der Waals surface area contributed by atoms with Crippen molar-refractivity contribution in [3.05, 3.63) is 46.4 Å². The maximum absolute atomic E-state index is 12.5. The summed E-state index contributed by atoms with van der Waals surface area (Å²) in [6, 6.07) is 8.82. The summed E-state index contributed by atoms with van der Waals surface area (Å²) in [4.78, 5) is 11.9. The number of rotatable bonds is 5. The van der Waals surface area contributed by atoms with Gasteiger partial charge >= 0.3 is 5.69 Å². The number of aromatic nitrogens is 3. The molecule has 0 spiro atoms. The van der Waals surface area contributed by atoms with Gasteiger partial charge in [0.15, 0.2) is 0 Å². The Kier molecular flexibility index (Phi) is 4.12. The lowest BCUT2D eigenvalue weighted by Gasteiger charge is -2.11. The van der Waals surface area contributed by atoms with Crippen LogP contribution in [0.15, 0.2) is 40.3 Å². The highest BCUT2D eigenvalue weighted by molar-refractivity contribution is 7.90. The van der Waals surface area contributed by atoms with Crippen LogP contribution in [0.3, 0.4) is 0 Å². The fourth-order valence-electron chi connectivity index (χ4n) is 2.55. The van der Waals surface area contributed by atoms with E-state index in [1.807, 2.05) is 6.07 Å². The van der Waals surface area contributed by atoms with E-state index in [1.54, 1.807) is 24.3 Å². The molecular formula is C14H17N3O4S. The molecule has 2 heterocycles. The normalized spacial score (nSPS) is 18.6. The van der Waals surface area contributed by atoms with Crippen LogP contribution < -0.4 is 5.69 Å². The Morgan fingerprint density at radius 3 is 2.77 bits per heavy atom. The zero-order chi connectivity index (χ0) is 15.6. The fourth-order valence-corrected chi connectivity index (χ4v) is 3.99. The predicted molar refractivity (Wildman–Crippen MR) is 79.2 cm³/mol. The third-order valence-corrected chi connectivity index (χ3v) is 5.19. The van der Waals surface area contributed by atoms with Crippen molar-refractivity contribution in [3.8, 4) is 0 Å². The van der Waals surface area contributed by atoms with Crippen molar-refractivity contribution in [1.29, 1.82) is 0 Å². The lowest BCUT2D eigenvalue weighted by molar-refractivity contribution is 0.0940. The first-order valence-corrected chi connectivity index (χ1v) is 8.75. The van der Waals surface area contributed by atoms with Gasteiger partial charge in [-0.2, -0.15) is 0 Å². The van der Waals surface area contributed by atoms with Crippen LogP contribution in [-0.4, -0.2) is 35.9 Å². The summed E-state index contributed by atoms with van der Waals surface area (Å²) < 4.78 is 31.7. The van der Waals surface area contributed by atoms with Gasteiger partial charge in [0.05, 0.1) is 18.4 Å². The van der Waals surface area contributed by atoms with Crippen molar-refractivity contribution in [1.82, 2.24) is 14.8 Å². The number of sulfone groups is 1. The van der Waals surface area contributed by atoms with E-state index in [0.29, 0.717) is 12.2 Å². The zero-order valence-electron chi connectivity index (χ0n) is 11.9. The molecule has 0 bridgehead atoms. The van der Waals surface area contributed by atoms with Gasteiger partial charge in [0.1, 0.15) is 0 Å². The summed E-state index contributed by atoms with van der Waals surface area (Å²) in [5.41, 5.74) is 0.128. The van der Waals surface area contributed by atoms with E-state index in [-0.39, 0.29) is 23.6 Å². The first-order valence-electron chi connectivity index (χ1n) is 7.10. The molecule has 2 aromatic rings. The van der Waals surface area contributed by atoms with E-state index in [2.05, 4.69) is 10.2 Å². The van der Waals surface area contributed by atoms with Crippen LogP contribution in [-0.2, 0) is 26.9 Å². The molecule has 3 rings (SSSR count). The molecule has 0 radical (unpaired) electrons. The third-order valence-electron chi connectivity index (χ3n) is 3.61. The Hall–Kier alpha value is -1.93. The molecule has 7 nitrogen and oxygen atoms in total. The maximum Gasteiger partial charge on any atom is 0.344 e. The summed E-state index contributed by atoms with van der Waals surface area (Å²) in [5.74, 6) is -0.191. The molecule has 0 aliphatic carbocycles. The minimum atomic E-state index is -3.70. The van der Waals surface area contributed by atoms with Gasteiger partial charge in [-0.3, -0.25) is 4.57 Å². The lowest BCUT2D eigenvalue weighted by atomic mass is 10.2. The van der Waals surface area contributed by atoms with Gasteiger partial charge in [-0.25, -0.2) is 18.3 Å². The Labute approximate surface area is 127 Å². The molecule has 8 heteroatoms. The molecule has 1 saturated heterocycles. The first-order chi connectivity index (χ1) is 10.6. The highest BCUT2D eigenvalue weighted by Crippen LogP contribution is 2.17. The Balaban J connectivity index is 1.88. The Morgan fingerprint density at radius 2 is 2.09 bits per heavy atom. The van der Waals surface area contributed by atoms with Crippen molar-refractivity contribution in [2.75, 3.05) is 6.61 Å². The van der Waals surface area contributed by atoms with E-state index < -0.39 is 15.5 Å². The second-order valence-electron chi connectivity index (χ2n) is 5.30. The molecular weight excluding hydrogens is 306 g/mol. The van der Waals surface area contributed by atoms with E-state index in [0.717, 1.165) is 17.4 Å². The average Bonchev–Trinajstić information content (AvgIpc) is 3.11. The molecule has 1 aliphatic heterocycles. The molecule has 1 aromatic heterocycles. The number of benzene rings is 1. The molecule has 1 fully saturated rings. The molecule has 0 amide bonds. The number of H-pyrrole nitrogens is 1. The maximum atomic E-state index is 12.5. The van der Waals surface area contributed by atoms with Gasteiger partial charge in [-0.1, -0.05) is 30.3 Å². The van der Waals surface area contributed by atoms with Gasteiger partial charge in [0.2, 0.25) is 9.84 Å². The Bertz CT molecular complexity index is 789. The second kappa shape index (κ2) is 6.05. The van der Waals surface area contributed by atoms with E-state index >= 15 is 0 Å². The average molecular weight is 323 g/mol. The highest BCUT2D eigenvalue weighted by atomic mass is 32.2. The molecule has 1 aromatic carbocycles. The minimum Gasteiger partial charge on any atom is -0.376 e. The van der Waals surface area contributed by atoms with Gasteiger partial charge in [0, 0.05) is 6.61 Å². The first kappa shape index (κ1) is 15.0. The highest BCUT2D eigenvalue weighted by Gasteiger charge is 2.26. The van der Waals surface area contributed by atoms with Crippen LogP contribution in [0.4, 0.5) is 0 Å². The summed E-state index contributed by atoms with van der Waals surface area (Å²) in [6.45, 7) is 0.849. The van der Waals surface area contributed by atoms with Gasteiger partial charge in [-0.05, 0) is 18.4 Å². The van der Waals surface area contributed by atoms with Crippen LogP contribution >= 0.6 is 0 Å². The van der Waals surface area contributed by atoms with Crippen LogP contribution in [0.25, 0.3) is 0 Å². The molecule has 0 saturated carbocycles. The minimum absolute atomic E-state index is 0.138. The van der Waals surface area contributed by atoms with Crippen molar-refractivity contribution >= 4 is 9.84 Å². The summed E-state index contributed by atoms with van der Waals surface area (Å²) in [6.07, 6.45) is 1.60.